The summed E-state index contributed by atoms with van der Waals surface area (Å²) in [6.45, 7) is 44.3. The van der Waals surface area contributed by atoms with E-state index in [1.54, 1.807) is 0 Å². The van der Waals surface area contributed by atoms with Gasteiger partial charge in [-0.15, -0.1) is 0 Å². The Balaban J connectivity index is 0.000000569. The zero-order chi connectivity index (χ0) is 48.3. The van der Waals surface area contributed by atoms with Gasteiger partial charge in [-0.25, -0.2) is 0 Å². The first-order valence-corrected chi connectivity index (χ1v) is 24.9. The van der Waals surface area contributed by atoms with Crippen molar-refractivity contribution in [3.63, 3.8) is 0 Å². The number of unbranched alkanes of at least 4 members (excludes halogenated alkanes) is 3. The van der Waals surface area contributed by atoms with Gasteiger partial charge in [0.05, 0.1) is 34.2 Å². The van der Waals surface area contributed by atoms with Crippen LogP contribution in [0.4, 0.5) is 22.7 Å². The van der Waals surface area contributed by atoms with E-state index in [2.05, 4.69) is 211 Å². The Labute approximate surface area is 409 Å². The van der Waals surface area contributed by atoms with Crippen molar-refractivity contribution < 1.29 is 16.5 Å². The van der Waals surface area contributed by atoms with Crippen molar-refractivity contribution in [2.45, 2.75) is 212 Å². The Kier molecular flexibility index (Phi) is 26.9. The van der Waals surface area contributed by atoms with Crippen molar-refractivity contribution in [3.8, 4) is 0 Å². The van der Waals surface area contributed by atoms with Crippen molar-refractivity contribution in [1.29, 1.82) is 0 Å². The van der Waals surface area contributed by atoms with Gasteiger partial charge in [0.1, 0.15) is 0 Å². The van der Waals surface area contributed by atoms with Crippen molar-refractivity contribution in [3.05, 3.63) is 117 Å². The molecule has 360 valence electrons. The summed E-state index contributed by atoms with van der Waals surface area (Å²) in [5, 5.41) is 0. The molecule has 0 saturated carbocycles. The van der Waals surface area contributed by atoms with Crippen LogP contribution in [-0.4, -0.2) is 23.9 Å². The quantitative estimate of drug-likeness (QED) is 0.0576. The van der Waals surface area contributed by atoms with E-state index in [9.17, 15) is 0 Å². The molecule has 4 nitrogen and oxygen atoms in total. The standard InChI is InChI=1S/2C27H38N2.C6H14.Ni/c2*1-17(2)22-12-10-13-23(18(3)4)26(22)28-16-21(9)29-27-24(19(5)6)14-11-15-25(27)20(7)8;1-3-5-6-4-2;/h2*10-20H,1-9H3;3-6H2,1-2H3;. The Morgan fingerprint density at radius 2 is 0.538 bits per heavy atom. The molecule has 65 heavy (non-hydrogen) atoms. The number of benzene rings is 4. The molecule has 0 N–H and O–H groups in total. The SMILES string of the molecule is CC(C=Nc1c(C(C)C)cccc1C(C)C)=Nc1c(C(C)C)cccc1C(C)C.CC(C=Nc1c(C(C)C)cccc1C(C)C)=Nc1c(C(C)C)cccc1C(C)C.CCCCCC.[Ni]. The van der Waals surface area contributed by atoms with Crippen molar-refractivity contribution in [2.24, 2.45) is 20.0 Å². The summed E-state index contributed by atoms with van der Waals surface area (Å²) in [6, 6.07) is 26.2. The molecule has 5 heteroatoms. The minimum absolute atomic E-state index is 0. The molecule has 0 saturated heterocycles. The third-order valence-electron chi connectivity index (χ3n) is 11.7. The van der Waals surface area contributed by atoms with E-state index in [1.165, 1.54) is 70.2 Å². The third-order valence-corrected chi connectivity index (χ3v) is 11.7. The molecule has 0 aliphatic heterocycles. The number of hydrogen-bond acceptors (Lipinski definition) is 4. The van der Waals surface area contributed by atoms with Crippen LogP contribution in [0.1, 0.15) is 256 Å². The van der Waals surface area contributed by atoms with E-state index in [0.29, 0.717) is 47.3 Å². The minimum Gasteiger partial charge on any atom is -0.254 e. The molecule has 0 amide bonds. The van der Waals surface area contributed by atoms with Crippen LogP contribution in [0.2, 0.25) is 0 Å². The Morgan fingerprint density at radius 1 is 0.354 bits per heavy atom. The van der Waals surface area contributed by atoms with Gasteiger partial charge in [0.15, 0.2) is 0 Å². The predicted octanol–water partition coefficient (Wildman–Crippen LogP) is 19.9. The van der Waals surface area contributed by atoms with Gasteiger partial charge in [-0.05, 0) is 106 Å². The first kappa shape index (κ1) is 59.1. The van der Waals surface area contributed by atoms with Gasteiger partial charge in [-0.2, -0.15) is 0 Å². The summed E-state index contributed by atoms with van der Waals surface area (Å²) in [5.74, 6) is 3.50. The van der Waals surface area contributed by atoms with Gasteiger partial charge in [-0.1, -0.05) is 223 Å². The first-order chi connectivity index (χ1) is 30.2. The molecule has 0 heterocycles. The second-order valence-electron chi connectivity index (χ2n) is 20.1. The van der Waals surface area contributed by atoms with Crippen LogP contribution in [0.3, 0.4) is 0 Å². The average Bonchev–Trinajstić information content (AvgIpc) is 3.23. The number of hydrogen-bond donors (Lipinski definition) is 0. The minimum atomic E-state index is 0. The molecular formula is C60H90N4Ni. The molecule has 4 aromatic carbocycles. The normalized spacial score (nSPS) is 12.4. The average molecular weight is 926 g/mol. The maximum atomic E-state index is 5.03. The number of rotatable bonds is 17. The summed E-state index contributed by atoms with van der Waals surface area (Å²) in [4.78, 5) is 19.9. The van der Waals surface area contributed by atoms with Gasteiger partial charge in [0.2, 0.25) is 0 Å². The van der Waals surface area contributed by atoms with Crippen LogP contribution < -0.4 is 0 Å². The maximum Gasteiger partial charge on any atom is 0.0702 e. The molecule has 4 aromatic rings. The fraction of sp³-hybridized carbons (Fsp3) is 0.533. The number of nitrogens with zero attached hydrogens (tertiary/aromatic N) is 4. The summed E-state index contributed by atoms with van der Waals surface area (Å²) in [5.41, 5.74) is 16.7. The van der Waals surface area contributed by atoms with Crippen molar-refractivity contribution in [1.82, 2.24) is 0 Å². The van der Waals surface area contributed by atoms with Crippen LogP contribution >= 0.6 is 0 Å². The zero-order valence-corrected chi connectivity index (χ0v) is 45.6. The largest absolute Gasteiger partial charge is 0.254 e. The van der Waals surface area contributed by atoms with E-state index >= 15 is 0 Å². The Morgan fingerprint density at radius 3 is 0.708 bits per heavy atom. The van der Waals surface area contributed by atoms with Crippen LogP contribution in [0.25, 0.3) is 0 Å². The maximum absolute atomic E-state index is 5.03. The smallest absolute Gasteiger partial charge is 0.0702 e. The molecule has 0 bridgehead atoms. The van der Waals surface area contributed by atoms with Crippen molar-refractivity contribution >= 4 is 46.6 Å². The topological polar surface area (TPSA) is 49.4 Å². The van der Waals surface area contributed by atoms with E-state index in [1.807, 2.05) is 12.4 Å². The Bertz CT molecular complexity index is 1880. The van der Waals surface area contributed by atoms with Crippen LogP contribution in [0.5, 0.6) is 0 Å². The molecule has 0 aliphatic carbocycles. The van der Waals surface area contributed by atoms with Gasteiger partial charge in [0, 0.05) is 28.9 Å². The summed E-state index contributed by atoms with van der Waals surface area (Å²) >= 11 is 0. The van der Waals surface area contributed by atoms with Crippen LogP contribution in [0, 0.1) is 0 Å². The van der Waals surface area contributed by atoms with Gasteiger partial charge in [-0.3, -0.25) is 20.0 Å². The van der Waals surface area contributed by atoms with Crippen LogP contribution in [0.15, 0.2) is 92.8 Å². The monoisotopic (exact) mass is 925 g/mol. The van der Waals surface area contributed by atoms with E-state index in [4.69, 9.17) is 20.0 Å². The van der Waals surface area contributed by atoms with Crippen molar-refractivity contribution in [2.75, 3.05) is 0 Å². The molecule has 0 unspecified atom stereocenters. The molecule has 0 aromatic heterocycles. The molecule has 0 fully saturated rings. The molecule has 0 spiro atoms. The second-order valence-corrected chi connectivity index (χ2v) is 20.1. The van der Waals surface area contributed by atoms with Crippen LogP contribution in [-0.2, 0) is 16.5 Å². The summed E-state index contributed by atoms with van der Waals surface area (Å²) in [6.07, 6.45) is 9.41. The van der Waals surface area contributed by atoms with Gasteiger partial charge in [0.25, 0.3) is 0 Å². The zero-order valence-electron chi connectivity index (χ0n) is 44.6. The van der Waals surface area contributed by atoms with E-state index in [-0.39, 0.29) is 16.5 Å². The summed E-state index contributed by atoms with van der Waals surface area (Å²) < 4.78 is 0. The molecule has 0 atom stereocenters. The first-order valence-electron chi connectivity index (χ1n) is 24.9. The van der Waals surface area contributed by atoms with E-state index < -0.39 is 0 Å². The van der Waals surface area contributed by atoms with Gasteiger partial charge < -0.3 is 0 Å². The number of aliphatic imine (C=N–C) groups is 4. The Hall–Kier alpha value is -3.95. The number of para-hydroxylation sites is 4. The van der Waals surface area contributed by atoms with E-state index in [0.717, 1.165) is 34.2 Å². The fourth-order valence-corrected chi connectivity index (χ4v) is 7.83. The molecule has 4 rings (SSSR count). The molecular weight excluding hydrogens is 835 g/mol. The molecule has 0 radical (unpaired) electrons. The molecule has 0 aliphatic rings. The predicted molar refractivity (Wildman–Crippen MR) is 290 cm³/mol. The fourth-order valence-electron chi connectivity index (χ4n) is 7.83. The third kappa shape index (κ3) is 18.3. The summed E-state index contributed by atoms with van der Waals surface area (Å²) in [7, 11) is 0. The van der Waals surface area contributed by atoms with Gasteiger partial charge >= 0.3 is 0 Å². The second kappa shape index (κ2) is 29.6.